The fourth-order valence-electron chi connectivity index (χ4n) is 3.91. The molecule has 1 N–H and O–H groups in total. The van der Waals surface area contributed by atoms with Gasteiger partial charge in [0.05, 0.1) is 12.0 Å². The second-order valence-electron chi connectivity index (χ2n) is 8.21. The van der Waals surface area contributed by atoms with E-state index in [2.05, 4.69) is 32.2 Å². The third-order valence-electron chi connectivity index (χ3n) is 5.28. The van der Waals surface area contributed by atoms with Crippen LogP contribution >= 0.6 is 11.3 Å². The summed E-state index contributed by atoms with van der Waals surface area (Å²) in [6.45, 7) is 7.02. The molecule has 2 aliphatic rings. The molecule has 2 heterocycles. The summed E-state index contributed by atoms with van der Waals surface area (Å²) in [7, 11) is 0. The fourth-order valence-corrected chi connectivity index (χ4v) is 4.93. The van der Waals surface area contributed by atoms with E-state index in [1.54, 1.807) is 11.3 Å². The van der Waals surface area contributed by atoms with Crippen LogP contribution in [0.3, 0.4) is 0 Å². The number of hydrogen-bond acceptors (Lipinski definition) is 3. The van der Waals surface area contributed by atoms with E-state index in [-0.39, 0.29) is 29.2 Å². The Balaban J connectivity index is 1.66. The van der Waals surface area contributed by atoms with Gasteiger partial charge in [0.15, 0.2) is 0 Å². The van der Waals surface area contributed by atoms with E-state index >= 15 is 0 Å². The predicted molar refractivity (Wildman–Crippen MR) is 96.7 cm³/mol. The fraction of sp³-hybridized carbons (Fsp3) is 0.684. The van der Waals surface area contributed by atoms with Crippen LogP contribution in [0.15, 0.2) is 17.5 Å². The van der Waals surface area contributed by atoms with E-state index in [1.807, 2.05) is 16.3 Å². The molecule has 5 heteroatoms. The van der Waals surface area contributed by atoms with Crippen LogP contribution in [0.25, 0.3) is 0 Å². The molecule has 2 atom stereocenters. The molecule has 0 aromatic carbocycles. The minimum absolute atomic E-state index is 0.0133. The smallest absolute Gasteiger partial charge is 0.225 e. The van der Waals surface area contributed by atoms with Gasteiger partial charge in [-0.1, -0.05) is 39.7 Å². The molecule has 0 spiro atoms. The lowest BCUT2D eigenvalue weighted by Gasteiger charge is -2.31. The third kappa shape index (κ3) is 3.66. The Morgan fingerprint density at radius 3 is 2.62 bits per heavy atom. The number of amides is 2. The molecular formula is C19H28N2O2S. The highest BCUT2D eigenvalue weighted by molar-refractivity contribution is 7.10. The van der Waals surface area contributed by atoms with Crippen LogP contribution in [-0.2, 0) is 9.59 Å². The predicted octanol–water partition coefficient (Wildman–Crippen LogP) is 3.74. The third-order valence-corrected chi connectivity index (χ3v) is 6.21. The summed E-state index contributed by atoms with van der Waals surface area (Å²) in [5.74, 6) is -0.0226. The zero-order chi connectivity index (χ0) is 17.3. The van der Waals surface area contributed by atoms with Gasteiger partial charge in [-0.25, -0.2) is 0 Å². The second-order valence-corrected chi connectivity index (χ2v) is 9.19. The molecule has 132 valence electrons. The Hall–Kier alpha value is -1.36. The van der Waals surface area contributed by atoms with Gasteiger partial charge in [0, 0.05) is 23.9 Å². The lowest BCUT2D eigenvalue weighted by atomic mass is 9.85. The van der Waals surface area contributed by atoms with Crippen molar-refractivity contribution in [1.82, 2.24) is 10.2 Å². The van der Waals surface area contributed by atoms with Crippen molar-refractivity contribution in [2.45, 2.75) is 65.0 Å². The van der Waals surface area contributed by atoms with E-state index in [4.69, 9.17) is 0 Å². The highest BCUT2D eigenvalue weighted by Crippen LogP contribution is 2.36. The minimum atomic E-state index is -0.206. The van der Waals surface area contributed by atoms with E-state index < -0.39 is 0 Å². The lowest BCUT2D eigenvalue weighted by Crippen LogP contribution is -2.41. The van der Waals surface area contributed by atoms with Gasteiger partial charge in [-0.15, -0.1) is 11.3 Å². The minimum Gasteiger partial charge on any atom is -0.348 e. The molecule has 1 saturated carbocycles. The summed E-state index contributed by atoms with van der Waals surface area (Å²) in [5, 5.41) is 5.27. The summed E-state index contributed by atoms with van der Waals surface area (Å²) in [6.07, 6.45) is 4.97. The molecular weight excluding hydrogens is 320 g/mol. The Kier molecular flexibility index (Phi) is 5.00. The normalized spacial score (nSPS) is 23.7. The number of carbonyl (C=O) groups excluding carboxylic acids is 2. The Bertz CT molecular complexity index is 585. The van der Waals surface area contributed by atoms with Gasteiger partial charge in [-0.05, 0) is 29.7 Å². The van der Waals surface area contributed by atoms with E-state index in [0.29, 0.717) is 19.0 Å². The zero-order valence-corrected chi connectivity index (χ0v) is 15.7. The van der Waals surface area contributed by atoms with Crippen LogP contribution in [0.4, 0.5) is 0 Å². The molecule has 0 bridgehead atoms. The van der Waals surface area contributed by atoms with Gasteiger partial charge in [0.25, 0.3) is 0 Å². The molecule has 3 rings (SSSR count). The molecule has 1 aliphatic heterocycles. The van der Waals surface area contributed by atoms with E-state index in [0.717, 1.165) is 12.8 Å². The summed E-state index contributed by atoms with van der Waals surface area (Å²) >= 11 is 1.67. The number of thiophene rings is 1. The topological polar surface area (TPSA) is 49.4 Å². The summed E-state index contributed by atoms with van der Waals surface area (Å²) < 4.78 is 0. The molecule has 1 aromatic rings. The standard InChI is InChI=1S/C19H28N2O2S/c1-19(2,3)17(15-9-6-10-24-15)20-18(23)13-11-16(22)21(12-13)14-7-4-5-8-14/h6,9-10,13-14,17H,4-5,7-8,11-12H2,1-3H3,(H,20,23). The molecule has 2 fully saturated rings. The van der Waals surface area contributed by atoms with Crippen LogP contribution in [0, 0.1) is 11.3 Å². The highest BCUT2D eigenvalue weighted by Gasteiger charge is 2.40. The largest absolute Gasteiger partial charge is 0.348 e. The van der Waals surface area contributed by atoms with Crippen LogP contribution in [-0.4, -0.2) is 29.3 Å². The average Bonchev–Trinajstić information content (AvgIpc) is 3.24. The quantitative estimate of drug-likeness (QED) is 0.901. The summed E-state index contributed by atoms with van der Waals surface area (Å²) in [6, 6.07) is 4.45. The average molecular weight is 349 g/mol. The Labute approximate surface area is 148 Å². The number of rotatable bonds is 4. The van der Waals surface area contributed by atoms with Crippen molar-refractivity contribution in [2.75, 3.05) is 6.54 Å². The van der Waals surface area contributed by atoms with Crippen molar-refractivity contribution < 1.29 is 9.59 Å². The molecule has 24 heavy (non-hydrogen) atoms. The van der Waals surface area contributed by atoms with Crippen molar-refractivity contribution >= 4 is 23.2 Å². The first kappa shape index (κ1) is 17.5. The maximum Gasteiger partial charge on any atom is 0.225 e. The van der Waals surface area contributed by atoms with Crippen LogP contribution in [0.5, 0.6) is 0 Å². The van der Waals surface area contributed by atoms with Crippen molar-refractivity contribution in [3.63, 3.8) is 0 Å². The first-order valence-electron chi connectivity index (χ1n) is 8.99. The molecule has 2 amide bonds. The van der Waals surface area contributed by atoms with Gasteiger partial charge < -0.3 is 10.2 Å². The van der Waals surface area contributed by atoms with Crippen LogP contribution in [0.1, 0.15) is 63.8 Å². The van der Waals surface area contributed by atoms with Gasteiger partial charge in [0.1, 0.15) is 0 Å². The second kappa shape index (κ2) is 6.87. The number of likely N-dealkylation sites (tertiary alicyclic amines) is 1. The maximum atomic E-state index is 12.8. The van der Waals surface area contributed by atoms with Crippen molar-refractivity contribution in [1.29, 1.82) is 0 Å². The van der Waals surface area contributed by atoms with E-state index in [9.17, 15) is 9.59 Å². The lowest BCUT2D eigenvalue weighted by molar-refractivity contribution is -0.130. The summed E-state index contributed by atoms with van der Waals surface area (Å²) in [5.41, 5.74) is -0.0612. The van der Waals surface area contributed by atoms with Crippen LogP contribution in [0.2, 0.25) is 0 Å². The molecule has 0 radical (unpaired) electrons. The molecule has 1 aromatic heterocycles. The number of nitrogens with zero attached hydrogens (tertiary/aromatic N) is 1. The van der Waals surface area contributed by atoms with Crippen molar-refractivity contribution in [2.24, 2.45) is 11.3 Å². The molecule has 1 aliphatic carbocycles. The maximum absolute atomic E-state index is 12.8. The van der Waals surface area contributed by atoms with Gasteiger partial charge in [-0.3, -0.25) is 9.59 Å². The van der Waals surface area contributed by atoms with Gasteiger partial charge in [-0.2, -0.15) is 0 Å². The summed E-state index contributed by atoms with van der Waals surface area (Å²) in [4.78, 5) is 28.3. The van der Waals surface area contributed by atoms with Crippen molar-refractivity contribution in [3.8, 4) is 0 Å². The van der Waals surface area contributed by atoms with Crippen LogP contribution < -0.4 is 5.32 Å². The highest BCUT2D eigenvalue weighted by atomic mass is 32.1. The first-order chi connectivity index (χ1) is 11.4. The SMILES string of the molecule is CC(C)(C)C(NC(=O)C1CC(=O)N(C2CCCC2)C1)c1cccs1. The number of nitrogens with one attached hydrogen (secondary N) is 1. The molecule has 4 nitrogen and oxygen atoms in total. The molecule has 2 unspecified atom stereocenters. The first-order valence-corrected chi connectivity index (χ1v) is 9.87. The van der Waals surface area contributed by atoms with Crippen molar-refractivity contribution in [3.05, 3.63) is 22.4 Å². The number of hydrogen-bond donors (Lipinski definition) is 1. The molecule has 1 saturated heterocycles. The Morgan fingerprint density at radius 2 is 2.04 bits per heavy atom. The van der Waals surface area contributed by atoms with E-state index in [1.165, 1.54) is 17.7 Å². The van der Waals surface area contributed by atoms with Gasteiger partial charge >= 0.3 is 0 Å². The monoisotopic (exact) mass is 348 g/mol. The van der Waals surface area contributed by atoms with Gasteiger partial charge in [0.2, 0.25) is 11.8 Å². The Morgan fingerprint density at radius 1 is 1.33 bits per heavy atom. The number of carbonyl (C=O) groups is 2. The zero-order valence-electron chi connectivity index (χ0n) is 14.9.